The monoisotopic (exact) mass is 515 g/mol. The summed E-state index contributed by atoms with van der Waals surface area (Å²) in [5.41, 5.74) is 5.66. The first-order valence-corrected chi connectivity index (χ1v) is 12.3. The van der Waals surface area contributed by atoms with Crippen LogP contribution in [0.25, 0.3) is 0 Å². The summed E-state index contributed by atoms with van der Waals surface area (Å²) in [6, 6.07) is 25.0. The van der Waals surface area contributed by atoms with Gasteiger partial charge in [-0.3, -0.25) is 0 Å². The minimum absolute atomic E-state index is 0.325. The van der Waals surface area contributed by atoms with Gasteiger partial charge in [-0.1, -0.05) is 54.1 Å². The Bertz CT molecular complexity index is 1330. The number of ether oxygens (including phenoxy) is 2. The normalized spacial score (nSPS) is 13.5. The predicted molar refractivity (Wildman–Crippen MR) is 146 cm³/mol. The quantitative estimate of drug-likeness (QED) is 0.234. The van der Waals surface area contributed by atoms with Gasteiger partial charge in [0.05, 0.1) is 19.4 Å². The molecule has 2 heterocycles. The van der Waals surface area contributed by atoms with E-state index in [-0.39, 0.29) is 0 Å². The lowest BCUT2D eigenvalue weighted by molar-refractivity contribution is 0.122. The van der Waals surface area contributed by atoms with Gasteiger partial charge < -0.3 is 19.7 Å². The summed E-state index contributed by atoms with van der Waals surface area (Å²) in [6.45, 7) is 3.08. The Kier molecular flexibility index (Phi) is 8.04. The highest BCUT2D eigenvalue weighted by atomic mass is 35.5. The molecule has 0 bridgehead atoms. The number of hydrogen-bond donors (Lipinski definition) is 2. The van der Waals surface area contributed by atoms with Gasteiger partial charge in [0.15, 0.2) is 0 Å². The summed E-state index contributed by atoms with van der Waals surface area (Å²) in [4.78, 5) is 15.8. The van der Waals surface area contributed by atoms with E-state index in [0.717, 1.165) is 16.8 Å². The number of para-hydroxylation sites is 2. The summed E-state index contributed by atoms with van der Waals surface area (Å²) < 4.78 is 11.5. The summed E-state index contributed by atoms with van der Waals surface area (Å²) in [5, 5.41) is 8.31. The van der Waals surface area contributed by atoms with E-state index >= 15 is 0 Å². The van der Waals surface area contributed by atoms with Crippen molar-refractivity contribution in [2.24, 2.45) is 5.10 Å². The van der Waals surface area contributed by atoms with Gasteiger partial charge in [0.25, 0.3) is 0 Å². The Labute approximate surface area is 220 Å². The number of rotatable bonds is 9. The van der Waals surface area contributed by atoms with Crippen LogP contribution in [0.1, 0.15) is 11.1 Å². The molecule has 0 spiro atoms. The average molecular weight is 516 g/mol. The maximum atomic E-state index is 6.02. The zero-order chi connectivity index (χ0) is 25.3. The van der Waals surface area contributed by atoms with E-state index in [1.54, 1.807) is 6.21 Å². The van der Waals surface area contributed by atoms with Crippen LogP contribution < -0.4 is 20.4 Å². The lowest BCUT2D eigenvalue weighted by Crippen LogP contribution is -2.37. The number of benzene rings is 3. The molecular weight excluding hydrogens is 490 g/mol. The molecule has 0 unspecified atom stereocenters. The molecule has 1 saturated heterocycles. The molecule has 0 radical (unpaired) electrons. The van der Waals surface area contributed by atoms with Gasteiger partial charge in [-0.2, -0.15) is 20.1 Å². The third-order valence-corrected chi connectivity index (χ3v) is 5.79. The maximum absolute atomic E-state index is 6.02. The number of nitrogens with one attached hydrogen (secondary N) is 2. The first kappa shape index (κ1) is 24.5. The molecule has 1 aliphatic rings. The summed E-state index contributed by atoms with van der Waals surface area (Å²) >= 11 is 5.97. The van der Waals surface area contributed by atoms with Crippen LogP contribution in [0.15, 0.2) is 84.0 Å². The van der Waals surface area contributed by atoms with Crippen LogP contribution in [0, 0.1) is 0 Å². The Hall–Kier alpha value is -4.21. The number of halogens is 1. The molecule has 0 atom stereocenters. The van der Waals surface area contributed by atoms with Crippen molar-refractivity contribution in [3.8, 4) is 5.75 Å². The van der Waals surface area contributed by atoms with Gasteiger partial charge in [-0.05, 0) is 42.0 Å². The second kappa shape index (κ2) is 12.2. The van der Waals surface area contributed by atoms with E-state index in [4.69, 9.17) is 21.1 Å². The van der Waals surface area contributed by atoms with Crippen molar-refractivity contribution in [3.05, 3.63) is 95.0 Å². The van der Waals surface area contributed by atoms with Crippen molar-refractivity contribution >= 4 is 41.3 Å². The Morgan fingerprint density at radius 3 is 2.43 bits per heavy atom. The second-order valence-electron chi connectivity index (χ2n) is 8.20. The van der Waals surface area contributed by atoms with Crippen molar-refractivity contribution in [3.63, 3.8) is 0 Å². The molecule has 1 aliphatic heterocycles. The molecule has 0 aliphatic carbocycles. The number of hydrogen-bond acceptors (Lipinski definition) is 9. The first-order valence-electron chi connectivity index (χ1n) is 11.9. The highest BCUT2D eigenvalue weighted by Crippen LogP contribution is 2.20. The van der Waals surface area contributed by atoms with E-state index < -0.39 is 0 Å². The fourth-order valence-electron chi connectivity index (χ4n) is 3.65. The molecule has 10 heteroatoms. The standard InChI is InChI=1S/C27H26ClN7O2/c28-22-12-10-20(11-13-22)19-37-24-9-5-4-6-21(24)18-29-34-26-31-25(30-23-7-2-1-3-8-23)32-27(33-26)35-14-16-36-17-15-35/h1-13,18H,14-17,19H2,(H2,30,31,32,33,34). The van der Waals surface area contributed by atoms with Crippen molar-refractivity contribution in [2.45, 2.75) is 6.61 Å². The molecule has 9 nitrogen and oxygen atoms in total. The lowest BCUT2D eigenvalue weighted by Gasteiger charge is -2.27. The third-order valence-electron chi connectivity index (χ3n) is 5.54. The third kappa shape index (κ3) is 6.93. The van der Waals surface area contributed by atoms with E-state index in [9.17, 15) is 0 Å². The number of aromatic nitrogens is 3. The minimum atomic E-state index is 0.325. The summed E-state index contributed by atoms with van der Waals surface area (Å²) in [5.74, 6) is 2.01. The van der Waals surface area contributed by atoms with E-state index in [1.807, 2.05) is 78.9 Å². The molecule has 0 amide bonds. The molecule has 1 aromatic heterocycles. The molecular formula is C27H26ClN7O2. The van der Waals surface area contributed by atoms with Gasteiger partial charge in [-0.25, -0.2) is 5.43 Å². The molecule has 2 N–H and O–H groups in total. The van der Waals surface area contributed by atoms with Crippen LogP contribution >= 0.6 is 11.6 Å². The van der Waals surface area contributed by atoms with Gasteiger partial charge >= 0.3 is 0 Å². The van der Waals surface area contributed by atoms with Crippen molar-refractivity contribution in [1.82, 2.24) is 15.0 Å². The Morgan fingerprint density at radius 1 is 0.892 bits per heavy atom. The first-order chi connectivity index (χ1) is 18.2. The van der Waals surface area contributed by atoms with Crippen LogP contribution in [0.4, 0.5) is 23.5 Å². The van der Waals surface area contributed by atoms with Gasteiger partial charge in [0.1, 0.15) is 12.4 Å². The summed E-state index contributed by atoms with van der Waals surface area (Å²) in [6.07, 6.45) is 1.68. The highest BCUT2D eigenvalue weighted by Gasteiger charge is 2.16. The SMILES string of the molecule is Clc1ccc(COc2ccccc2C=NNc2nc(Nc3ccccc3)nc(N3CCOCC3)n2)cc1. The second-order valence-corrected chi connectivity index (χ2v) is 8.63. The van der Waals surface area contributed by atoms with Crippen LogP contribution in [0.3, 0.4) is 0 Å². The highest BCUT2D eigenvalue weighted by molar-refractivity contribution is 6.30. The van der Waals surface area contributed by atoms with Crippen LogP contribution in [-0.4, -0.2) is 47.5 Å². The van der Waals surface area contributed by atoms with Crippen LogP contribution in [0.2, 0.25) is 5.02 Å². The fourth-order valence-corrected chi connectivity index (χ4v) is 3.77. The Balaban J connectivity index is 1.31. The number of hydrazone groups is 1. The minimum Gasteiger partial charge on any atom is -0.488 e. The van der Waals surface area contributed by atoms with Crippen molar-refractivity contribution in [1.29, 1.82) is 0 Å². The molecule has 188 valence electrons. The Morgan fingerprint density at radius 2 is 1.62 bits per heavy atom. The molecule has 1 fully saturated rings. The fraction of sp³-hybridized carbons (Fsp3) is 0.185. The predicted octanol–water partition coefficient (Wildman–Crippen LogP) is 5.13. The maximum Gasteiger partial charge on any atom is 0.250 e. The molecule has 0 saturated carbocycles. The zero-order valence-electron chi connectivity index (χ0n) is 20.0. The van der Waals surface area contributed by atoms with Crippen LogP contribution in [-0.2, 0) is 11.3 Å². The van der Waals surface area contributed by atoms with Gasteiger partial charge in [0.2, 0.25) is 17.8 Å². The number of anilines is 4. The van der Waals surface area contributed by atoms with E-state index in [2.05, 4.69) is 35.7 Å². The van der Waals surface area contributed by atoms with Crippen LogP contribution in [0.5, 0.6) is 5.75 Å². The zero-order valence-corrected chi connectivity index (χ0v) is 20.8. The van der Waals surface area contributed by atoms with Crippen molar-refractivity contribution < 1.29 is 9.47 Å². The lowest BCUT2D eigenvalue weighted by atomic mass is 10.2. The molecule has 4 aromatic rings. The number of nitrogens with zero attached hydrogens (tertiary/aromatic N) is 5. The molecule has 5 rings (SSSR count). The van der Waals surface area contributed by atoms with E-state index in [1.165, 1.54) is 0 Å². The molecule has 3 aromatic carbocycles. The average Bonchev–Trinajstić information content (AvgIpc) is 2.94. The number of morpholine rings is 1. The smallest absolute Gasteiger partial charge is 0.250 e. The molecule has 37 heavy (non-hydrogen) atoms. The van der Waals surface area contributed by atoms with E-state index in [0.29, 0.717) is 61.5 Å². The van der Waals surface area contributed by atoms with Gasteiger partial charge in [-0.15, -0.1) is 0 Å². The van der Waals surface area contributed by atoms with Gasteiger partial charge in [0, 0.05) is 29.4 Å². The largest absolute Gasteiger partial charge is 0.488 e. The topological polar surface area (TPSA) is 96.8 Å². The van der Waals surface area contributed by atoms with Crippen molar-refractivity contribution in [2.75, 3.05) is 41.9 Å². The summed E-state index contributed by atoms with van der Waals surface area (Å²) in [7, 11) is 0.